The number of ether oxygens (including phenoxy) is 1. The topological polar surface area (TPSA) is 84.5 Å². The smallest absolute Gasteiger partial charge is 0.422 e. The van der Waals surface area contributed by atoms with Crippen LogP contribution >= 0.6 is 11.8 Å². The van der Waals surface area contributed by atoms with Gasteiger partial charge in [0.05, 0.1) is 0 Å². The number of halogens is 4. The van der Waals surface area contributed by atoms with Crippen LogP contribution in [0, 0.1) is 5.82 Å². The van der Waals surface area contributed by atoms with Crippen LogP contribution in [-0.4, -0.2) is 45.2 Å². The lowest BCUT2D eigenvalue weighted by Crippen LogP contribution is -2.44. The Morgan fingerprint density at radius 1 is 1.13 bits per heavy atom. The average Bonchev–Trinajstić information content (AvgIpc) is 2.70. The summed E-state index contributed by atoms with van der Waals surface area (Å²) in [6.45, 7) is -1.45. The van der Waals surface area contributed by atoms with Crippen LogP contribution < -0.4 is 14.8 Å². The molecule has 0 spiro atoms. The molecular weight excluding hydrogens is 460 g/mol. The van der Waals surface area contributed by atoms with Gasteiger partial charge in [0.1, 0.15) is 22.5 Å². The first-order chi connectivity index (χ1) is 14.5. The Labute approximate surface area is 181 Å². The summed E-state index contributed by atoms with van der Waals surface area (Å²) in [5, 5.41) is 2.49. The van der Waals surface area contributed by atoms with E-state index in [4.69, 9.17) is 0 Å². The highest BCUT2D eigenvalue weighted by Gasteiger charge is 2.29. The van der Waals surface area contributed by atoms with Crippen LogP contribution in [0.5, 0.6) is 5.75 Å². The fourth-order valence-corrected chi connectivity index (χ4v) is 4.20. The van der Waals surface area contributed by atoms with E-state index in [-0.39, 0.29) is 17.9 Å². The summed E-state index contributed by atoms with van der Waals surface area (Å²) in [7, 11) is -4.31. The fraction of sp³-hybridized carbons (Fsp3) is 0.316. The summed E-state index contributed by atoms with van der Waals surface area (Å²) in [4.78, 5) is 12.1. The molecule has 6 nitrogen and oxygen atoms in total. The van der Waals surface area contributed by atoms with Crippen molar-refractivity contribution in [3.63, 3.8) is 0 Å². The van der Waals surface area contributed by atoms with Crippen molar-refractivity contribution >= 4 is 33.4 Å². The van der Waals surface area contributed by atoms with Gasteiger partial charge in [-0.3, -0.25) is 4.79 Å². The average molecular weight is 481 g/mol. The van der Waals surface area contributed by atoms with Crippen molar-refractivity contribution in [2.45, 2.75) is 23.5 Å². The van der Waals surface area contributed by atoms with E-state index in [2.05, 4.69) is 14.8 Å². The second-order valence-electron chi connectivity index (χ2n) is 6.30. The molecule has 1 amide bonds. The molecule has 170 valence electrons. The van der Waals surface area contributed by atoms with Gasteiger partial charge in [-0.15, -0.1) is 0 Å². The Morgan fingerprint density at radius 2 is 1.77 bits per heavy atom. The number of benzene rings is 2. The van der Waals surface area contributed by atoms with Crippen molar-refractivity contribution in [1.82, 2.24) is 4.72 Å². The first-order valence-electron chi connectivity index (χ1n) is 8.88. The third-order valence-corrected chi connectivity index (χ3v) is 6.02. The normalized spacial score (nSPS) is 12.9. The third kappa shape index (κ3) is 8.04. The van der Waals surface area contributed by atoms with E-state index in [1.165, 1.54) is 48.2 Å². The highest BCUT2D eigenvalue weighted by Crippen LogP contribution is 2.21. The molecule has 0 saturated heterocycles. The molecule has 0 radical (unpaired) electrons. The van der Waals surface area contributed by atoms with Gasteiger partial charge in [0.15, 0.2) is 6.61 Å². The largest absolute Gasteiger partial charge is 0.484 e. The van der Waals surface area contributed by atoms with Gasteiger partial charge < -0.3 is 10.1 Å². The van der Waals surface area contributed by atoms with E-state index < -0.39 is 45.5 Å². The molecule has 0 heterocycles. The quantitative estimate of drug-likeness (QED) is 0.506. The van der Waals surface area contributed by atoms with Gasteiger partial charge >= 0.3 is 6.18 Å². The molecule has 0 aliphatic heterocycles. The van der Waals surface area contributed by atoms with Crippen LogP contribution in [0.1, 0.15) is 6.42 Å². The lowest BCUT2D eigenvalue weighted by molar-refractivity contribution is -0.153. The Bertz CT molecular complexity index is 983. The zero-order valence-corrected chi connectivity index (χ0v) is 17.9. The number of sulfonamides is 1. The van der Waals surface area contributed by atoms with Crippen molar-refractivity contribution in [2.75, 3.05) is 23.9 Å². The number of carbonyl (C=O) groups is 1. The Hall–Kier alpha value is -2.31. The summed E-state index contributed by atoms with van der Waals surface area (Å²) in [6, 6.07) is 8.70. The molecule has 0 aliphatic rings. The van der Waals surface area contributed by atoms with E-state index in [1.54, 1.807) is 6.26 Å². The number of hydrogen-bond acceptors (Lipinski definition) is 5. The Kier molecular flexibility index (Phi) is 8.71. The number of amides is 1. The van der Waals surface area contributed by atoms with E-state index in [0.29, 0.717) is 5.75 Å². The minimum Gasteiger partial charge on any atom is -0.484 e. The van der Waals surface area contributed by atoms with E-state index in [9.17, 15) is 30.8 Å². The summed E-state index contributed by atoms with van der Waals surface area (Å²) in [5.74, 6) is -1.25. The van der Waals surface area contributed by atoms with Gasteiger partial charge in [-0.2, -0.15) is 29.7 Å². The van der Waals surface area contributed by atoms with E-state index in [0.717, 1.165) is 12.1 Å². The number of alkyl halides is 3. The molecule has 0 aromatic heterocycles. The number of rotatable bonds is 10. The van der Waals surface area contributed by atoms with Gasteiger partial charge in [0.25, 0.3) is 0 Å². The molecule has 0 saturated carbocycles. The lowest BCUT2D eigenvalue weighted by atomic mass is 10.2. The van der Waals surface area contributed by atoms with Crippen molar-refractivity contribution < 1.29 is 35.5 Å². The first kappa shape index (κ1) is 25.0. The molecule has 31 heavy (non-hydrogen) atoms. The van der Waals surface area contributed by atoms with Crippen LogP contribution in [0.25, 0.3) is 0 Å². The van der Waals surface area contributed by atoms with E-state index in [1.807, 2.05) is 0 Å². The third-order valence-electron chi connectivity index (χ3n) is 3.88. The minimum atomic E-state index is -4.48. The molecular formula is C19H20F4N2O4S2. The van der Waals surface area contributed by atoms with Gasteiger partial charge in [-0.25, -0.2) is 12.8 Å². The molecule has 1 atom stereocenters. The van der Waals surface area contributed by atoms with Crippen LogP contribution in [0.2, 0.25) is 0 Å². The van der Waals surface area contributed by atoms with E-state index >= 15 is 0 Å². The zero-order chi connectivity index (χ0) is 23.1. The molecule has 12 heteroatoms. The highest BCUT2D eigenvalue weighted by molar-refractivity contribution is 7.98. The van der Waals surface area contributed by atoms with Crippen molar-refractivity contribution in [1.29, 1.82) is 0 Å². The number of thioether (sulfide) groups is 1. The molecule has 0 fully saturated rings. The summed E-state index contributed by atoms with van der Waals surface area (Å²) in [5.41, 5.74) is 0.226. The van der Waals surface area contributed by atoms with Gasteiger partial charge in [-0.1, -0.05) is 12.1 Å². The maximum Gasteiger partial charge on any atom is 0.422 e. The molecule has 0 bridgehead atoms. The maximum atomic E-state index is 13.9. The molecule has 2 N–H and O–H groups in total. The Morgan fingerprint density at radius 3 is 2.35 bits per heavy atom. The predicted octanol–water partition coefficient (Wildman–Crippen LogP) is 3.81. The number of anilines is 1. The van der Waals surface area contributed by atoms with Crippen molar-refractivity contribution in [3.8, 4) is 5.75 Å². The van der Waals surface area contributed by atoms with Gasteiger partial charge in [0.2, 0.25) is 15.9 Å². The van der Waals surface area contributed by atoms with Crippen molar-refractivity contribution in [3.05, 3.63) is 54.3 Å². The molecule has 0 aliphatic carbocycles. The summed E-state index contributed by atoms with van der Waals surface area (Å²) < 4.78 is 82.4. The number of carbonyl (C=O) groups excluding carboxylic acids is 1. The Balaban J connectivity index is 2.10. The van der Waals surface area contributed by atoms with Gasteiger partial charge in [0, 0.05) is 5.69 Å². The fourth-order valence-electron chi connectivity index (χ4n) is 2.42. The monoisotopic (exact) mass is 480 g/mol. The van der Waals surface area contributed by atoms with Crippen LogP contribution in [0.4, 0.5) is 23.2 Å². The predicted molar refractivity (Wildman–Crippen MR) is 110 cm³/mol. The minimum absolute atomic E-state index is 0.0467. The van der Waals surface area contributed by atoms with Gasteiger partial charge in [-0.05, 0) is 54.8 Å². The van der Waals surface area contributed by atoms with Crippen LogP contribution in [0.15, 0.2) is 53.4 Å². The maximum absolute atomic E-state index is 13.9. The van der Waals surface area contributed by atoms with Crippen molar-refractivity contribution in [2.24, 2.45) is 0 Å². The van der Waals surface area contributed by atoms with Crippen LogP contribution in [-0.2, 0) is 14.8 Å². The molecule has 1 unspecified atom stereocenters. The molecule has 2 aromatic rings. The summed E-state index contributed by atoms with van der Waals surface area (Å²) >= 11 is 1.39. The second-order valence-corrected chi connectivity index (χ2v) is 8.97. The first-order valence-corrected chi connectivity index (χ1v) is 11.8. The second kappa shape index (κ2) is 10.8. The standard InChI is InChI=1S/C19H20F4N2O4S2/c1-30-11-10-16(25-31(27,28)17-5-3-2-4-15(17)20)18(26)24-13-6-8-14(9-7-13)29-12-19(21,22)23/h2-9,16,25H,10-12H2,1H3,(H,24,26). The SMILES string of the molecule is CSCCC(NS(=O)(=O)c1ccccc1F)C(=O)Nc1ccc(OCC(F)(F)F)cc1. The highest BCUT2D eigenvalue weighted by atomic mass is 32.2. The number of hydrogen-bond donors (Lipinski definition) is 2. The molecule has 2 aromatic carbocycles. The summed E-state index contributed by atoms with van der Waals surface area (Å²) in [6.07, 6.45) is -2.57. The number of nitrogens with one attached hydrogen (secondary N) is 2. The lowest BCUT2D eigenvalue weighted by Gasteiger charge is -2.18. The molecule has 2 rings (SSSR count). The van der Waals surface area contributed by atoms with Crippen LogP contribution in [0.3, 0.4) is 0 Å². The zero-order valence-electron chi connectivity index (χ0n) is 16.3.